The normalized spacial score (nSPS) is 11.4. The van der Waals surface area contributed by atoms with Crippen molar-refractivity contribution in [1.82, 2.24) is 15.5 Å². The molecule has 1 aromatic carbocycles. The molecule has 0 aliphatic rings. The maximum absolute atomic E-state index is 13.9. The minimum atomic E-state index is -0.619. The average Bonchev–Trinajstić information content (AvgIpc) is 2.46. The van der Waals surface area contributed by atoms with Crippen LogP contribution in [-0.2, 0) is 9.53 Å². The predicted molar refractivity (Wildman–Crippen MR) is 95.0 cm³/mol. The Morgan fingerprint density at radius 2 is 1.83 bits per heavy atom. The Kier molecular flexibility index (Phi) is 14.0. The highest BCUT2D eigenvalue weighted by atomic mass is 35.5. The summed E-state index contributed by atoms with van der Waals surface area (Å²) in [6.07, 6.45) is 0. The number of halogens is 4. The number of nitrogens with zero attached hydrogens (tertiary/aromatic N) is 1. The number of hydrogen-bond acceptors (Lipinski definition) is 4. The molecule has 0 aromatic heterocycles. The van der Waals surface area contributed by atoms with Crippen molar-refractivity contribution in [2.75, 3.05) is 47.4 Å². The largest absolute Gasteiger partial charge is 0.383 e. The summed E-state index contributed by atoms with van der Waals surface area (Å²) < 4.78 is 32.6. The number of carbonyl (C=O) groups is 1. The van der Waals surface area contributed by atoms with Crippen molar-refractivity contribution >= 4 is 30.7 Å². The van der Waals surface area contributed by atoms with Crippen LogP contribution in [0.5, 0.6) is 0 Å². The van der Waals surface area contributed by atoms with E-state index in [2.05, 4.69) is 10.6 Å². The van der Waals surface area contributed by atoms with Crippen LogP contribution in [0.1, 0.15) is 11.6 Å². The van der Waals surface area contributed by atoms with Gasteiger partial charge in [0.2, 0.25) is 5.91 Å². The predicted octanol–water partition coefficient (Wildman–Crippen LogP) is 1.76. The summed E-state index contributed by atoms with van der Waals surface area (Å²) in [5.74, 6) is -1.47. The van der Waals surface area contributed by atoms with Gasteiger partial charge >= 0.3 is 0 Å². The number of methoxy groups -OCH3 is 1. The second kappa shape index (κ2) is 13.3. The molecule has 0 saturated heterocycles. The van der Waals surface area contributed by atoms with Gasteiger partial charge in [-0.2, -0.15) is 0 Å². The van der Waals surface area contributed by atoms with Gasteiger partial charge in [-0.25, -0.2) is 8.78 Å². The highest BCUT2D eigenvalue weighted by Gasteiger charge is 2.22. The maximum atomic E-state index is 13.9. The van der Waals surface area contributed by atoms with Crippen molar-refractivity contribution in [3.63, 3.8) is 0 Å². The van der Waals surface area contributed by atoms with Gasteiger partial charge in [-0.15, -0.1) is 24.8 Å². The van der Waals surface area contributed by atoms with Gasteiger partial charge in [0.05, 0.1) is 19.2 Å². The van der Waals surface area contributed by atoms with Gasteiger partial charge < -0.3 is 20.3 Å². The third kappa shape index (κ3) is 8.21. The van der Waals surface area contributed by atoms with Crippen LogP contribution in [0.2, 0.25) is 0 Å². The third-order valence-electron chi connectivity index (χ3n) is 3.22. The molecule has 1 rings (SSSR count). The highest BCUT2D eigenvalue weighted by Crippen LogP contribution is 2.23. The molecule has 0 aliphatic heterocycles. The second-order valence-electron chi connectivity index (χ2n) is 5.09. The number of likely N-dealkylation sites (N-methyl/N-ethyl adjacent to an activating group) is 1. The number of benzene rings is 1. The smallest absolute Gasteiger partial charge is 0.234 e. The van der Waals surface area contributed by atoms with Gasteiger partial charge in [-0.3, -0.25) is 4.79 Å². The summed E-state index contributed by atoms with van der Waals surface area (Å²) >= 11 is 0. The Morgan fingerprint density at radius 1 is 1.25 bits per heavy atom. The van der Waals surface area contributed by atoms with Crippen LogP contribution in [0.25, 0.3) is 0 Å². The lowest BCUT2D eigenvalue weighted by Gasteiger charge is -2.25. The van der Waals surface area contributed by atoms with E-state index in [9.17, 15) is 13.6 Å². The molecule has 1 unspecified atom stereocenters. The minimum Gasteiger partial charge on any atom is -0.383 e. The number of nitrogens with one attached hydrogen (secondary N) is 2. The SMILES string of the molecule is COCCNCC(=O)NCC(c1c(F)cccc1F)N(C)C.Cl.Cl. The Labute approximate surface area is 153 Å². The Hall–Kier alpha value is -0.990. The fraction of sp³-hybridized carbons (Fsp3) is 0.533. The summed E-state index contributed by atoms with van der Waals surface area (Å²) in [5, 5.41) is 5.58. The molecule has 0 saturated carbocycles. The molecule has 2 N–H and O–H groups in total. The van der Waals surface area contributed by atoms with E-state index in [0.717, 1.165) is 0 Å². The number of hydrogen-bond donors (Lipinski definition) is 2. The molecule has 24 heavy (non-hydrogen) atoms. The van der Waals surface area contributed by atoms with Crippen molar-refractivity contribution in [2.45, 2.75) is 6.04 Å². The molecule has 5 nitrogen and oxygen atoms in total. The third-order valence-corrected chi connectivity index (χ3v) is 3.22. The van der Waals surface area contributed by atoms with Crippen molar-refractivity contribution in [3.05, 3.63) is 35.4 Å². The first kappa shape index (κ1) is 25.3. The first-order chi connectivity index (χ1) is 10.5. The molecule has 0 radical (unpaired) electrons. The maximum Gasteiger partial charge on any atom is 0.234 e. The number of ether oxygens (including phenoxy) is 1. The Balaban J connectivity index is 0. The number of carbonyl (C=O) groups excluding carboxylic acids is 1. The molecule has 1 atom stereocenters. The molecule has 1 amide bonds. The zero-order valence-corrected chi connectivity index (χ0v) is 15.6. The molecule has 0 bridgehead atoms. The summed E-state index contributed by atoms with van der Waals surface area (Å²) in [4.78, 5) is 13.4. The van der Waals surface area contributed by atoms with E-state index in [1.54, 1.807) is 26.1 Å². The standard InChI is InChI=1S/C15H23F2N3O2.2ClH/c1-20(2)13(15-11(16)5-4-6-12(15)17)9-19-14(21)10-18-7-8-22-3;;/h4-6,13,18H,7-10H2,1-3H3,(H,19,21);2*1H. The molecule has 0 spiro atoms. The number of rotatable bonds is 9. The minimum absolute atomic E-state index is 0. The van der Waals surface area contributed by atoms with E-state index in [1.165, 1.54) is 18.2 Å². The van der Waals surface area contributed by atoms with E-state index in [4.69, 9.17) is 4.74 Å². The number of amides is 1. The lowest BCUT2D eigenvalue weighted by molar-refractivity contribution is -0.120. The van der Waals surface area contributed by atoms with E-state index in [1.807, 2.05) is 0 Å². The van der Waals surface area contributed by atoms with E-state index < -0.39 is 17.7 Å². The van der Waals surface area contributed by atoms with Crippen LogP contribution in [0, 0.1) is 11.6 Å². The van der Waals surface area contributed by atoms with Gasteiger partial charge in [0.25, 0.3) is 0 Å². The Bertz CT molecular complexity index is 474. The quantitative estimate of drug-likeness (QED) is 0.634. The molecular formula is C15H25Cl2F2N3O2. The van der Waals surface area contributed by atoms with Gasteiger partial charge in [0.15, 0.2) is 0 Å². The summed E-state index contributed by atoms with van der Waals surface area (Å²) in [7, 11) is 4.99. The average molecular weight is 388 g/mol. The highest BCUT2D eigenvalue weighted by molar-refractivity contribution is 5.85. The van der Waals surface area contributed by atoms with Crippen LogP contribution in [0.4, 0.5) is 8.78 Å². The van der Waals surface area contributed by atoms with E-state index in [0.29, 0.717) is 13.2 Å². The zero-order valence-electron chi connectivity index (χ0n) is 14.0. The van der Waals surface area contributed by atoms with Gasteiger partial charge in [0, 0.05) is 25.8 Å². The molecule has 9 heteroatoms. The van der Waals surface area contributed by atoms with Crippen LogP contribution < -0.4 is 10.6 Å². The molecule has 0 heterocycles. The summed E-state index contributed by atoms with van der Waals surface area (Å²) in [6.45, 7) is 1.32. The van der Waals surface area contributed by atoms with Gasteiger partial charge in [0.1, 0.15) is 11.6 Å². The monoisotopic (exact) mass is 387 g/mol. The van der Waals surface area contributed by atoms with Crippen LogP contribution in [0.15, 0.2) is 18.2 Å². The molecule has 1 aromatic rings. The van der Waals surface area contributed by atoms with Crippen LogP contribution in [0.3, 0.4) is 0 Å². The molecule has 0 aliphatic carbocycles. The lowest BCUT2D eigenvalue weighted by Crippen LogP contribution is -2.40. The van der Waals surface area contributed by atoms with Crippen molar-refractivity contribution in [1.29, 1.82) is 0 Å². The first-order valence-electron chi connectivity index (χ1n) is 7.04. The van der Waals surface area contributed by atoms with E-state index >= 15 is 0 Å². The summed E-state index contributed by atoms with van der Waals surface area (Å²) in [5.41, 5.74) is -0.0415. The van der Waals surface area contributed by atoms with Crippen molar-refractivity contribution in [3.8, 4) is 0 Å². The van der Waals surface area contributed by atoms with Crippen LogP contribution >= 0.6 is 24.8 Å². The summed E-state index contributed by atoms with van der Waals surface area (Å²) in [6, 6.07) is 3.16. The van der Waals surface area contributed by atoms with Gasteiger partial charge in [-0.1, -0.05) is 6.07 Å². The lowest BCUT2D eigenvalue weighted by atomic mass is 10.0. The fourth-order valence-electron chi connectivity index (χ4n) is 2.02. The molecular weight excluding hydrogens is 363 g/mol. The molecule has 0 fully saturated rings. The second-order valence-corrected chi connectivity index (χ2v) is 5.09. The van der Waals surface area contributed by atoms with E-state index in [-0.39, 0.29) is 49.4 Å². The Morgan fingerprint density at radius 3 is 2.33 bits per heavy atom. The van der Waals surface area contributed by atoms with Gasteiger partial charge in [-0.05, 0) is 26.2 Å². The van der Waals surface area contributed by atoms with Crippen LogP contribution in [-0.4, -0.2) is 58.3 Å². The first-order valence-corrected chi connectivity index (χ1v) is 7.04. The van der Waals surface area contributed by atoms with Crippen molar-refractivity contribution in [2.24, 2.45) is 0 Å². The zero-order chi connectivity index (χ0) is 16.5. The molecule has 140 valence electrons. The van der Waals surface area contributed by atoms with Crippen molar-refractivity contribution < 1.29 is 18.3 Å². The fourth-order valence-corrected chi connectivity index (χ4v) is 2.02. The topological polar surface area (TPSA) is 53.6 Å².